The van der Waals surface area contributed by atoms with Crippen LogP contribution >= 0.6 is 0 Å². The summed E-state index contributed by atoms with van der Waals surface area (Å²) in [6.07, 6.45) is -4.49. The highest BCUT2D eigenvalue weighted by atomic mass is 19.4. The van der Waals surface area contributed by atoms with E-state index < -0.39 is 23.6 Å². The number of benzene rings is 3. The molecule has 0 aromatic heterocycles. The van der Waals surface area contributed by atoms with Gasteiger partial charge in [-0.1, -0.05) is 18.2 Å². The molecule has 0 spiro atoms. The molecule has 6 nitrogen and oxygen atoms in total. The van der Waals surface area contributed by atoms with Crippen LogP contribution in [0.3, 0.4) is 0 Å². The first kappa shape index (κ1) is 21.2. The average molecular weight is 442 g/mol. The van der Waals surface area contributed by atoms with Crippen molar-refractivity contribution in [3.05, 3.63) is 89.0 Å². The Balaban J connectivity index is 1.44. The molecular weight excluding hydrogens is 425 g/mol. The molecule has 1 heterocycles. The number of nitrogens with one attached hydrogen (secondary N) is 2. The largest absolute Gasteiger partial charge is 0.454 e. The molecule has 3 aromatic rings. The van der Waals surface area contributed by atoms with E-state index in [1.54, 1.807) is 30.3 Å². The molecule has 0 fully saturated rings. The number of ether oxygens (including phenoxy) is 2. The Bertz CT molecular complexity index is 1160. The molecule has 9 heteroatoms. The molecule has 164 valence electrons. The van der Waals surface area contributed by atoms with Gasteiger partial charge in [-0.3, -0.25) is 9.59 Å². The van der Waals surface area contributed by atoms with Gasteiger partial charge in [0, 0.05) is 12.1 Å². The Morgan fingerprint density at radius 2 is 1.59 bits per heavy atom. The number of hydrogen-bond acceptors (Lipinski definition) is 4. The van der Waals surface area contributed by atoms with Crippen LogP contribution in [0.1, 0.15) is 31.8 Å². The highest BCUT2D eigenvalue weighted by Crippen LogP contribution is 2.32. The fraction of sp³-hybridized carbons (Fsp3) is 0.130. The Hall–Kier alpha value is -4.01. The fourth-order valence-electron chi connectivity index (χ4n) is 3.12. The van der Waals surface area contributed by atoms with Crippen LogP contribution in [0.15, 0.2) is 66.7 Å². The maximum Gasteiger partial charge on any atom is 0.416 e. The summed E-state index contributed by atoms with van der Waals surface area (Å²) in [5.74, 6) is 0.179. The summed E-state index contributed by atoms with van der Waals surface area (Å²) in [7, 11) is 0. The number of carbonyl (C=O) groups excluding carboxylic acids is 2. The smallest absolute Gasteiger partial charge is 0.416 e. The summed E-state index contributed by atoms with van der Waals surface area (Å²) in [4.78, 5) is 25.2. The van der Waals surface area contributed by atoms with Gasteiger partial charge < -0.3 is 20.1 Å². The molecule has 0 radical (unpaired) electrons. The van der Waals surface area contributed by atoms with Crippen LogP contribution in [-0.4, -0.2) is 18.6 Å². The number of anilines is 1. The lowest BCUT2D eigenvalue weighted by atomic mass is 10.1. The zero-order valence-electron chi connectivity index (χ0n) is 16.5. The van der Waals surface area contributed by atoms with Gasteiger partial charge in [0.15, 0.2) is 11.5 Å². The van der Waals surface area contributed by atoms with Crippen LogP contribution in [0.25, 0.3) is 0 Å². The minimum atomic E-state index is -4.49. The van der Waals surface area contributed by atoms with Crippen molar-refractivity contribution < 1.29 is 32.2 Å². The van der Waals surface area contributed by atoms with E-state index in [-0.39, 0.29) is 30.2 Å². The second kappa shape index (κ2) is 8.62. The first-order valence-electron chi connectivity index (χ1n) is 9.55. The Kier molecular flexibility index (Phi) is 5.72. The average Bonchev–Trinajstić information content (AvgIpc) is 3.25. The minimum absolute atomic E-state index is 0.0357. The van der Waals surface area contributed by atoms with E-state index in [2.05, 4.69) is 10.6 Å². The monoisotopic (exact) mass is 442 g/mol. The first-order valence-corrected chi connectivity index (χ1v) is 9.55. The topological polar surface area (TPSA) is 76.7 Å². The van der Waals surface area contributed by atoms with E-state index in [4.69, 9.17) is 9.47 Å². The number of fused-ring (bicyclic) bond motifs is 1. The zero-order valence-corrected chi connectivity index (χ0v) is 16.5. The summed E-state index contributed by atoms with van der Waals surface area (Å²) >= 11 is 0. The van der Waals surface area contributed by atoms with Crippen molar-refractivity contribution in [3.63, 3.8) is 0 Å². The van der Waals surface area contributed by atoms with Gasteiger partial charge in [-0.15, -0.1) is 0 Å². The Morgan fingerprint density at radius 1 is 0.875 bits per heavy atom. The molecule has 1 aliphatic rings. The van der Waals surface area contributed by atoms with Gasteiger partial charge in [0.1, 0.15) is 0 Å². The number of para-hydroxylation sites is 1. The third kappa shape index (κ3) is 4.66. The number of carbonyl (C=O) groups is 2. The van der Waals surface area contributed by atoms with Crippen LogP contribution in [0.4, 0.5) is 18.9 Å². The van der Waals surface area contributed by atoms with E-state index in [1.165, 1.54) is 12.1 Å². The lowest BCUT2D eigenvalue weighted by Gasteiger charge is -2.12. The summed E-state index contributed by atoms with van der Waals surface area (Å²) < 4.78 is 48.7. The van der Waals surface area contributed by atoms with Crippen LogP contribution in [-0.2, 0) is 12.7 Å². The van der Waals surface area contributed by atoms with E-state index in [1.807, 2.05) is 0 Å². The predicted octanol–water partition coefficient (Wildman–Crippen LogP) is 4.62. The molecule has 2 amide bonds. The minimum Gasteiger partial charge on any atom is -0.454 e. The summed E-state index contributed by atoms with van der Waals surface area (Å²) in [5, 5.41) is 5.35. The Morgan fingerprint density at radius 3 is 2.34 bits per heavy atom. The van der Waals surface area contributed by atoms with Gasteiger partial charge in [-0.05, 0) is 54.1 Å². The molecule has 0 unspecified atom stereocenters. The number of hydrogen-bond donors (Lipinski definition) is 2. The second-order valence-corrected chi connectivity index (χ2v) is 6.95. The van der Waals surface area contributed by atoms with Crippen molar-refractivity contribution in [2.24, 2.45) is 0 Å². The van der Waals surface area contributed by atoms with Crippen molar-refractivity contribution in [2.75, 3.05) is 12.1 Å². The van der Waals surface area contributed by atoms with Crippen LogP contribution in [0.5, 0.6) is 11.5 Å². The quantitative estimate of drug-likeness (QED) is 0.605. The van der Waals surface area contributed by atoms with Gasteiger partial charge in [-0.2, -0.15) is 13.2 Å². The summed E-state index contributed by atoms with van der Waals surface area (Å²) in [6, 6.07) is 15.5. The van der Waals surface area contributed by atoms with Crippen LogP contribution in [0.2, 0.25) is 0 Å². The molecule has 3 aromatic carbocycles. The number of rotatable bonds is 5. The van der Waals surface area contributed by atoms with Crippen molar-refractivity contribution in [3.8, 4) is 11.5 Å². The highest BCUT2D eigenvalue weighted by molar-refractivity contribution is 6.09. The van der Waals surface area contributed by atoms with E-state index in [9.17, 15) is 22.8 Å². The maximum absolute atomic E-state index is 12.7. The van der Waals surface area contributed by atoms with Crippen molar-refractivity contribution >= 4 is 17.5 Å². The van der Waals surface area contributed by atoms with Gasteiger partial charge in [0.2, 0.25) is 6.79 Å². The van der Waals surface area contributed by atoms with E-state index in [0.717, 1.165) is 29.8 Å². The van der Waals surface area contributed by atoms with E-state index >= 15 is 0 Å². The lowest BCUT2D eigenvalue weighted by molar-refractivity contribution is -0.137. The molecule has 1 aliphatic heterocycles. The highest BCUT2D eigenvalue weighted by Gasteiger charge is 2.30. The number of halogens is 3. The third-order valence-electron chi connectivity index (χ3n) is 4.78. The number of amides is 2. The van der Waals surface area contributed by atoms with Crippen LogP contribution in [0, 0.1) is 0 Å². The lowest BCUT2D eigenvalue weighted by Crippen LogP contribution is -2.25. The summed E-state index contributed by atoms with van der Waals surface area (Å²) in [6.45, 7) is 0.369. The van der Waals surface area contributed by atoms with Gasteiger partial charge in [0.05, 0.1) is 16.8 Å². The van der Waals surface area contributed by atoms with Crippen molar-refractivity contribution in [1.82, 2.24) is 5.32 Å². The number of alkyl halides is 3. The molecule has 0 atom stereocenters. The molecule has 4 rings (SSSR count). The normalized spacial score (nSPS) is 12.3. The molecular formula is C23H17F3N2O4. The molecule has 0 saturated carbocycles. The zero-order chi connectivity index (χ0) is 22.7. The SMILES string of the molecule is O=C(Nc1ccccc1C(=O)NCc1ccc2c(c1)OCO2)c1ccc(C(F)(F)F)cc1. The standard InChI is InChI=1S/C23H17F3N2O4/c24-23(25,26)16-8-6-15(7-9-16)21(29)28-18-4-2-1-3-17(18)22(30)27-12-14-5-10-19-20(11-14)32-13-31-19/h1-11H,12-13H2,(H,27,30)(H,28,29). The van der Waals surface area contributed by atoms with Gasteiger partial charge in [-0.25, -0.2) is 0 Å². The maximum atomic E-state index is 12.7. The molecule has 0 saturated heterocycles. The molecule has 0 bridgehead atoms. The molecule has 2 N–H and O–H groups in total. The fourth-order valence-corrected chi connectivity index (χ4v) is 3.12. The van der Waals surface area contributed by atoms with E-state index in [0.29, 0.717) is 11.5 Å². The van der Waals surface area contributed by atoms with Gasteiger partial charge >= 0.3 is 6.18 Å². The predicted molar refractivity (Wildman–Crippen MR) is 110 cm³/mol. The van der Waals surface area contributed by atoms with Crippen molar-refractivity contribution in [1.29, 1.82) is 0 Å². The molecule has 0 aliphatic carbocycles. The molecule has 32 heavy (non-hydrogen) atoms. The summed E-state index contributed by atoms with van der Waals surface area (Å²) in [5.41, 5.74) is 0.439. The second-order valence-electron chi connectivity index (χ2n) is 6.95. The first-order chi connectivity index (χ1) is 15.3. The van der Waals surface area contributed by atoms with Gasteiger partial charge in [0.25, 0.3) is 11.8 Å². The van der Waals surface area contributed by atoms with Crippen LogP contribution < -0.4 is 20.1 Å². The third-order valence-corrected chi connectivity index (χ3v) is 4.78. The van der Waals surface area contributed by atoms with Crippen molar-refractivity contribution in [2.45, 2.75) is 12.7 Å². The Labute approximate surface area is 181 Å².